The molecular formula is C33H44ClN3O4. The van der Waals surface area contributed by atoms with Crippen LogP contribution >= 0.6 is 11.6 Å². The molecule has 0 aromatic heterocycles. The lowest BCUT2D eigenvalue weighted by molar-refractivity contribution is -0.137. The Morgan fingerprint density at radius 2 is 1.61 bits per heavy atom. The second kappa shape index (κ2) is 14.8. The van der Waals surface area contributed by atoms with E-state index in [2.05, 4.69) is 29.2 Å². The molecule has 1 N–H and O–H groups in total. The standard InChI is InChI=1S/C33H44ClN3O4/c1-24-4-10-30(23-31(24)34)37(33(41)29-14-20-36(21-15-29)25(2)38)17-3-16-35-18-12-28(13-19-35)22-27-7-5-26(6-8-27)9-11-32(39)40/h4-8,10,23,28-29H,3,9,11-22H2,1-2H3,(H,39,40). The fourth-order valence-electron chi connectivity index (χ4n) is 6.07. The second-order valence-electron chi connectivity index (χ2n) is 11.8. The maximum Gasteiger partial charge on any atom is 0.303 e. The predicted octanol–water partition coefficient (Wildman–Crippen LogP) is 5.60. The van der Waals surface area contributed by atoms with Crippen molar-refractivity contribution in [2.75, 3.05) is 44.2 Å². The number of carbonyl (C=O) groups excluding carboxylic acids is 2. The lowest BCUT2D eigenvalue weighted by Gasteiger charge is -2.35. The highest BCUT2D eigenvalue weighted by Gasteiger charge is 2.30. The fourth-order valence-corrected chi connectivity index (χ4v) is 6.25. The Morgan fingerprint density at radius 3 is 2.22 bits per heavy atom. The lowest BCUT2D eigenvalue weighted by atomic mass is 9.89. The molecule has 2 aliphatic rings. The number of aryl methyl sites for hydroxylation is 2. The number of carboxylic acids is 1. The highest BCUT2D eigenvalue weighted by atomic mass is 35.5. The minimum Gasteiger partial charge on any atom is -0.481 e. The van der Waals surface area contributed by atoms with E-state index >= 15 is 0 Å². The monoisotopic (exact) mass is 581 g/mol. The number of likely N-dealkylation sites (tertiary alicyclic amines) is 2. The number of carboxylic acid groups (broad SMARTS) is 1. The van der Waals surface area contributed by atoms with Crippen molar-refractivity contribution in [2.45, 2.75) is 65.2 Å². The van der Waals surface area contributed by atoms with Crippen LogP contribution in [0.4, 0.5) is 5.69 Å². The topological polar surface area (TPSA) is 81.2 Å². The van der Waals surface area contributed by atoms with Gasteiger partial charge in [0.05, 0.1) is 0 Å². The van der Waals surface area contributed by atoms with Gasteiger partial charge >= 0.3 is 5.97 Å². The zero-order valence-electron chi connectivity index (χ0n) is 24.5. The first-order valence-electron chi connectivity index (χ1n) is 15.0. The molecule has 0 radical (unpaired) electrons. The van der Waals surface area contributed by atoms with Gasteiger partial charge in [0.2, 0.25) is 11.8 Å². The summed E-state index contributed by atoms with van der Waals surface area (Å²) in [6.07, 6.45) is 6.42. The third-order valence-corrected chi connectivity index (χ3v) is 9.17. The highest BCUT2D eigenvalue weighted by Crippen LogP contribution is 2.28. The molecule has 0 aliphatic carbocycles. The molecule has 0 spiro atoms. The zero-order chi connectivity index (χ0) is 29.4. The van der Waals surface area contributed by atoms with Crippen molar-refractivity contribution in [3.05, 3.63) is 64.2 Å². The van der Waals surface area contributed by atoms with E-state index in [9.17, 15) is 14.4 Å². The van der Waals surface area contributed by atoms with Gasteiger partial charge in [0.15, 0.2) is 0 Å². The first-order valence-corrected chi connectivity index (χ1v) is 15.4. The minimum atomic E-state index is -0.758. The molecule has 2 saturated heterocycles. The predicted molar refractivity (Wildman–Crippen MR) is 163 cm³/mol. The number of carbonyl (C=O) groups is 3. The average molecular weight is 582 g/mol. The number of anilines is 1. The summed E-state index contributed by atoms with van der Waals surface area (Å²) in [5, 5.41) is 9.55. The number of nitrogens with zero attached hydrogens (tertiary/aromatic N) is 3. The van der Waals surface area contributed by atoms with E-state index in [1.807, 2.05) is 34.9 Å². The summed E-state index contributed by atoms with van der Waals surface area (Å²) in [5.74, 6) is 0.0390. The van der Waals surface area contributed by atoms with Crippen molar-refractivity contribution in [1.29, 1.82) is 0 Å². The van der Waals surface area contributed by atoms with Gasteiger partial charge in [-0.1, -0.05) is 41.9 Å². The average Bonchev–Trinajstić information content (AvgIpc) is 2.97. The molecule has 41 heavy (non-hydrogen) atoms. The summed E-state index contributed by atoms with van der Waals surface area (Å²) in [4.78, 5) is 42.5. The van der Waals surface area contributed by atoms with Crippen LogP contribution in [-0.4, -0.2) is 72.0 Å². The van der Waals surface area contributed by atoms with Crippen LogP contribution in [0, 0.1) is 18.8 Å². The molecule has 0 unspecified atom stereocenters. The molecule has 0 atom stereocenters. The van der Waals surface area contributed by atoms with Gasteiger partial charge in [0.25, 0.3) is 0 Å². The Bertz CT molecular complexity index is 1190. The van der Waals surface area contributed by atoms with Crippen LogP contribution in [0.1, 0.15) is 62.1 Å². The molecular weight excluding hydrogens is 538 g/mol. The number of hydrogen-bond acceptors (Lipinski definition) is 4. The number of amides is 2. The summed E-state index contributed by atoms with van der Waals surface area (Å²) in [7, 11) is 0. The number of aliphatic carboxylic acids is 1. The molecule has 2 aromatic rings. The third kappa shape index (κ3) is 9.04. The van der Waals surface area contributed by atoms with Gasteiger partial charge in [-0.25, -0.2) is 0 Å². The van der Waals surface area contributed by atoms with E-state index in [0.29, 0.717) is 49.8 Å². The first-order chi connectivity index (χ1) is 19.7. The maximum atomic E-state index is 13.7. The van der Waals surface area contributed by atoms with Gasteiger partial charge in [-0.3, -0.25) is 14.4 Å². The van der Waals surface area contributed by atoms with Crippen molar-refractivity contribution in [2.24, 2.45) is 11.8 Å². The highest BCUT2D eigenvalue weighted by molar-refractivity contribution is 6.31. The molecule has 0 saturated carbocycles. The van der Waals surface area contributed by atoms with E-state index in [1.165, 1.54) is 5.56 Å². The second-order valence-corrected chi connectivity index (χ2v) is 12.2. The number of halogens is 1. The molecule has 2 aliphatic heterocycles. The van der Waals surface area contributed by atoms with Gasteiger partial charge in [-0.2, -0.15) is 0 Å². The minimum absolute atomic E-state index is 0.0762. The Morgan fingerprint density at radius 1 is 0.951 bits per heavy atom. The van der Waals surface area contributed by atoms with Crippen molar-refractivity contribution in [3.8, 4) is 0 Å². The fraction of sp³-hybridized carbons (Fsp3) is 0.545. The van der Waals surface area contributed by atoms with Gasteiger partial charge < -0.3 is 19.8 Å². The molecule has 2 aromatic carbocycles. The Hall–Kier alpha value is -2.90. The first kappa shape index (κ1) is 31.0. The van der Waals surface area contributed by atoms with Gasteiger partial charge in [0, 0.05) is 49.6 Å². The Balaban J connectivity index is 1.26. The van der Waals surface area contributed by atoms with E-state index in [0.717, 1.165) is 62.1 Å². The summed E-state index contributed by atoms with van der Waals surface area (Å²) < 4.78 is 0. The summed E-state index contributed by atoms with van der Waals surface area (Å²) in [6, 6.07) is 14.3. The largest absolute Gasteiger partial charge is 0.481 e. The number of hydrogen-bond donors (Lipinski definition) is 1. The summed E-state index contributed by atoms with van der Waals surface area (Å²) in [6.45, 7) is 8.57. The van der Waals surface area contributed by atoms with Gasteiger partial charge in [-0.15, -0.1) is 0 Å². The molecule has 2 heterocycles. The Kier molecular flexibility index (Phi) is 11.2. The number of rotatable bonds is 11. The molecule has 2 fully saturated rings. The van der Waals surface area contributed by atoms with Crippen LogP contribution < -0.4 is 4.90 Å². The normalized spacial score (nSPS) is 17.0. The molecule has 2 amide bonds. The smallest absolute Gasteiger partial charge is 0.303 e. The van der Waals surface area contributed by atoms with Crippen molar-refractivity contribution < 1.29 is 19.5 Å². The maximum absolute atomic E-state index is 13.7. The SMILES string of the molecule is CC(=O)N1CCC(C(=O)N(CCCN2CCC(Cc3ccc(CCC(=O)O)cc3)CC2)c2ccc(C)c(Cl)c2)CC1. The molecule has 7 nitrogen and oxygen atoms in total. The Labute approximate surface area is 249 Å². The zero-order valence-corrected chi connectivity index (χ0v) is 25.2. The summed E-state index contributed by atoms with van der Waals surface area (Å²) in [5.41, 5.74) is 4.25. The van der Waals surface area contributed by atoms with Crippen LogP contribution in [0.25, 0.3) is 0 Å². The van der Waals surface area contributed by atoms with Crippen LogP contribution in [0.2, 0.25) is 5.02 Å². The van der Waals surface area contributed by atoms with Crippen molar-refractivity contribution in [1.82, 2.24) is 9.80 Å². The molecule has 0 bridgehead atoms. The van der Waals surface area contributed by atoms with Crippen LogP contribution in [0.5, 0.6) is 0 Å². The summed E-state index contributed by atoms with van der Waals surface area (Å²) >= 11 is 6.45. The lowest BCUT2D eigenvalue weighted by Crippen LogP contribution is -2.45. The van der Waals surface area contributed by atoms with Crippen LogP contribution in [0.3, 0.4) is 0 Å². The quantitative estimate of drug-likeness (QED) is 0.373. The molecule has 222 valence electrons. The van der Waals surface area contributed by atoms with Crippen molar-refractivity contribution >= 4 is 35.1 Å². The van der Waals surface area contributed by atoms with Gasteiger partial charge in [0.1, 0.15) is 0 Å². The van der Waals surface area contributed by atoms with Gasteiger partial charge in [-0.05, 0) is 106 Å². The van der Waals surface area contributed by atoms with E-state index in [1.54, 1.807) is 6.92 Å². The number of piperidine rings is 2. The van der Waals surface area contributed by atoms with Crippen LogP contribution in [-0.2, 0) is 27.2 Å². The van der Waals surface area contributed by atoms with E-state index in [-0.39, 0.29) is 24.2 Å². The van der Waals surface area contributed by atoms with Crippen molar-refractivity contribution in [3.63, 3.8) is 0 Å². The molecule has 4 rings (SSSR count). The van der Waals surface area contributed by atoms with E-state index < -0.39 is 5.97 Å². The number of benzene rings is 2. The molecule has 8 heteroatoms. The van der Waals surface area contributed by atoms with Crippen LogP contribution in [0.15, 0.2) is 42.5 Å². The third-order valence-electron chi connectivity index (χ3n) is 8.76. The van der Waals surface area contributed by atoms with E-state index in [4.69, 9.17) is 16.7 Å².